The molecule has 8 heteroatoms. The van der Waals surface area contributed by atoms with Gasteiger partial charge in [0.25, 0.3) is 0 Å². The van der Waals surface area contributed by atoms with Crippen LogP contribution in [-0.4, -0.2) is 20.6 Å². The summed E-state index contributed by atoms with van der Waals surface area (Å²) in [7, 11) is 0. The van der Waals surface area contributed by atoms with Gasteiger partial charge in [-0.25, -0.2) is 4.39 Å². The maximum absolute atomic E-state index is 14.8. The Morgan fingerprint density at radius 3 is 2.50 bits per heavy atom. The van der Waals surface area contributed by atoms with E-state index in [1.165, 1.54) is 13.0 Å². The van der Waals surface area contributed by atoms with E-state index in [-0.39, 0.29) is 23.8 Å². The fourth-order valence-corrected chi connectivity index (χ4v) is 4.69. The van der Waals surface area contributed by atoms with Crippen LogP contribution in [0.2, 0.25) is 0 Å². The molecule has 1 aliphatic heterocycles. The second-order valence-corrected chi connectivity index (χ2v) is 8.37. The zero-order chi connectivity index (χ0) is 23.7. The van der Waals surface area contributed by atoms with E-state index in [2.05, 4.69) is 15.6 Å². The lowest BCUT2D eigenvalue weighted by molar-refractivity contribution is -0.114. The molecule has 5 rings (SSSR count). The minimum atomic E-state index is -0.311. The second-order valence-electron chi connectivity index (χ2n) is 7.98. The van der Waals surface area contributed by atoms with E-state index in [0.29, 0.717) is 16.5 Å². The summed E-state index contributed by atoms with van der Waals surface area (Å²) in [5.74, 6) is -0.448. The minimum Gasteiger partial charge on any atom is -0.351 e. The Hall–Kier alpha value is -4.04. The van der Waals surface area contributed by atoms with Gasteiger partial charge in [0.2, 0.25) is 5.91 Å². The van der Waals surface area contributed by atoms with Crippen LogP contribution in [0.15, 0.2) is 91.3 Å². The SMILES string of the molecule is CC(=O)Nc1ccc(N2C(=S)N[C@H](c3ccccn3)[C@@H]2c2cccn2-c2ccccc2F)cc1. The fraction of sp³-hybridized carbons (Fsp3) is 0.115. The number of anilines is 2. The van der Waals surface area contributed by atoms with Crippen molar-refractivity contribution in [1.29, 1.82) is 0 Å². The summed E-state index contributed by atoms with van der Waals surface area (Å²) in [6.45, 7) is 1.47. The number of hydrogen-bond donors (Lipinski definition) is 2. The second kappa shape index (κ2) is 9.07. The summed E-state index contributed by atoms with van der Waals surface area (Å²) in [6.07, 6.45) is 3.60. The molecule has 2 N–H and O–H groups in total. The quantitative estimate of drug-likeness (QED) is 0.395. The van der Waals surface area contributed by atoms with Gasteiger partial charge in [0.1, 0.15) is 11.9 Å². The first-order valence-electron chi connectivity index (χ1n) is 10.8. The highest BCUT2D eigenvalue weighted by atomic mass is 32.1. The minimum absolute atomic E-state index is 0.137. The van der Waals surface area contributed by atoms with E-state index in [9.17, 15) is 9.18 Å². The first kappa shape index (κ1) is 21.8. The van der Waals surface area contributed by atoms with Crippen LogP contribution < -0.4 is 15.5 Å². The molecule has 0 aliphatic carbocycles. The van der Waals surface area contributed by atoms with E-state index in [0.717, 1.165) is 17.1 Å². The van der Waals surface area contributed by atoms with Gasteiger partial charge >= 0.3 is 0 Å². The highest BCUT2D eigenvalue weighted by Gasteiger charge is 2.42. The maximum atomic E-state index is 14.8. The molecule has 6 nitrogen and oxygen atoms in total. The van der Waals surface area contributed by atoms with E-state index < -0.39 is 0 Å². The number of amides is 1. The summed E-state index contributed by atoms with van der Waals surface area (Å²) < 4.78 is 16.6. The van der Waals surface area contributed by atoms with Gasteiger partial charge in [0.15, 0.2) is 5.11 Å². The molecule has 1 fully saturated rings. The van der Waals surface area contributed by atoms with Crippen molar-refractivity contribution in [2.24, 2.45) is 0 Å². The number of benzene rings is 2. The largest absolute Gasteiger partial charge is 0.351 e. The molecule has 1 aliphatic rings. The normalized spacial score (nSPS) is 17.5. The predicted octanol–water partition coefficient (Wildman–Crippen LogP) is 5.15. The van der Waals surface area contributed by atoms with Gasteiger partial charge in [0, 0.05) is 36.4 Å². The third-order valence-corrected chi connectivity index (χ3v) is 6.07. The number of pyridine rings is 1. The summed E-state index contributed by atoms with van der Waals surface area (Å²) in [4.78, 5) is 18.0. The number of rotatable bonds is 5. The number of aromatic nitrogens is 2. The van der Waals surface area contributed by atoms with Gasteiger partial charge in [-0.1, -0.05) is 18.2 Å². The third-order valence-electron chi connectivity index (χ3n) is 5.76. The Kier molecular flexibility index (Phi) is 5.81. The average Bonchev–Trinajstić information content (AvgIpc) is 3.44. The van der Waals surface area contributed by atoms with Crippen LogP contribution in [0.3, 0.4) is 0 Å². The topological polar surface area (TPSA) is 62.2 Å². The number of carbonyl (C=O) groups is 1. The smallest absolute Gasteiger partial charge is 0.221 e. The number of halogens is 1. The van der Waals surface area contributed by atoms with Crippen molar-refractivity contribution in [2.75, 3.05) is 10.2 Å². The van der Waals surface area contributed by atoms with Crippen molar-refractivity contribution in [3.05, 3.63) is 108 Å². The van der Waals surface area contributed by atoms with Crippen LogP contribution in [-0.2, 0) is 4.79 Å². The van der Waals surface area contributed by atoms with Gasteiger partial charge in [-0.15, -0.1) is 0 Å². The van der Waals surface area contributed by atoms with Gasteiger partial charge in [0.05, 0.1) is 17.4 Å². The number of para-hydroxylation sites is 1. The molecule has 0 radical (unpaired) electrons. The monoisotopic (exact) mass is 471 g/mol. The highest BCUT2D eigenvalue weighted by Crippen LogP contribution is 2.42. The van der Waals surface area contributed by atoms with Gasteiger partial charge in [-0.3, -0.25) is 9.78 Å². The zero-order valence-corrected chi connectivity index (χ0v) is 19.2. The van der Waals surface area contributed by atoms with Crippen molar-refractivity contribution in [3.8, 4) is 5.69 Å². The van der Waals surface area contributed by atoms with E-state index in [4.69, 9.17) is 12.2 Å². The summed E-state index contributed by atoms with van der Waals surface area (Å²) in [5.41, 5.74) is 3.69. The first-order chi connectivity index (χ1) is 16.5. The lowest BCUT2D eigenvalue weighted by Gasteiger charge is -2.29. The van der Waals surface area contributed by atoms with Crippen LogP contribution in [0.5, 0.6) is 0 Å². The molecule has 2 aromatic heterocycles. The van der Waals surface area contributed by atoms with Gasteiger partial charge in [-0.05, 0) is 72.9 Å². The van der Waals surface area contributed by atoms with Crippen molar-refractivity contribution in [2.45, 2.75) is 19.0 Å². The molecule has 3 heterocycles. The maximum Gasteiger partial charge on any atom is 0.221 e. The fourth-order valence-electron chi connectivity index (χ4n) is 4.34. The summed E-state index contributed by atoms with van der Waals surface area (Å²) in [6, 6.07) is 23.2. The molecule has 34 heavy (non-hydrogen) atoms. The number of hydrogen-bond acceptors (Lipinski definition) is 3. The van der Waals surface area contributed by atoms with Crippen molar-refractivity contribution in [3.63, 3.8) is 0 Å². The molecule has 2 aromatic carbocycles. The Balaban J connectivity index is 1.63. The molecular formula is C26H22FN5OS. The number of carbonyl (C=O) groups excluding carboxylic acids is 1. The molecule has 170 valence electrons. The summed E-state index contributed by atoms with van der Waals surface area (Å²) in [5, 5.41) is 6.73. The Morgan fingerprint density at radius 2 is 1.79 bits per heavy atom. The van der Waals surface area contributed by atoms with Crippen LogP contribution in [0.25, 0.3) is 5.69 Å². The Bertz CT molecular complexity index is 1340. The predicted molar refractivity (Wildman–Crippen MR) is 134 cm³/mol. The first-order valence-corrected chi connectivity index (χ1v) is 11.2. The Labute approximate surface area is 202 Å². The van der Waals surface area contributed by atoms with Crippen molar-refractivity contribution >= 4 is 34.6 Å². The number of nitrogens with zero attached hydrogens (tertiary/aromatic N) is 3. The van der Waals surface area contributed by atoms with E-state index >= 15 is 0 Å². The standard InChI is InChI=1S/C26H22FN5OS/c1-17(33)29-18-11-13-19(14-12-18)32-25(24(30-26(32)34)21-8-4-5-15-28-21)23-10-6-16-31(23)22-9-3-2-7-20(22)27/h2-16,24-25H,1H3,(H,29,33)(H,30,34)/t24-,25+/m1/s1. The third kappa shape index (κ3) is 4.04. The van der Waals surface area contributed by atoms with Gasteiger partial charge in [-0.2, -0.15) is 0 Å². The Morgan fingerprint density at radius 1 is 1.03 bits per heavy atom. The van der Waals surface area contributed by atoms with E-state index in [1.54, 1.807) is 18.3 Å². The molecule has 1 saturated heterocycles. The molecule has 0 spiro atoms. The van der Waals surface area contributed by atoms with Crippen LogP contribution in [0, 0.1) is 5.82 Å². The number of thiocarbonyl (C=S) groups is 1. The van der Waals surface area contributed by atoms with Crippen LogP contribution in [0.1, 0.15) is 30.4 Å². The van der Waals surface area contributed by atoms with Crippen LogP contribution in [0.4, 0.5) is 15.8 Å². The highest BCUT2D eigenvalue weighted by molar-refractivity contribution is 7.80. The molecular weight excluding hydrogens is 449 g/mol. The molecule has 4 aromatic rings. The molecule has 0 unspecified atom stereocenters. The molecule has 1 amide bonds. The van der Waals surface area contributed by atoms with Gasteiger partial charge < -0.3 is 20.1 Å². The summed E-state index contributed by atoms with van der Waals surface area (Å²) >= 11 is 5.77. The zero-order valence-electron chi connectivity index (χ0n) is 18.4. The average molecular weight is 472 g/mol. The molecule has 2 atom stereocenters. The lowest BCUT2D eigenvalue weighted by Crippen LogP contribution is -2.30. The van der Waals surface area contributed by atoms with E-state index in [1.807, 2.05) is 76.3 Å². The lowest BCUT2D eigenvalue weighted by atomic mass is 10.0. The van der Waals surface area contributed by atoms with Crippen molar-refractivity contribution in [1.82, 2.24) is 14.9 Å². The number of nitrogens with one attached hydrogen (secondary N) is 2. The van der Waals surface area contributed by atoms with Crippen LogP contribution >= 0.6 is 12.2 Å². The molecule has 0 saturated carbocycles. The molecule has 0 bridgehead atoms. The van der Waals surface area contributed by atoms with Crippen molar-refractivity contribution < 1.29 is 9.18 Å².